The summed E-state index contributed by atoms with van der Waals surface area (Å²) in [6.07, 6.45) is -1.13. The predicted molar refractivity (Wildman–Crippen MR) is 73.0 cm³/mol. The molecule has 1 unspecified atom stereocenters. The summed E-state index contributed by atoms with van der Waals surface area (Å²) in [5, 5.41) is 0. The molecular formula is C15H15F3N2O. The zero-order valence-corrected chi connectivity index (χ0v) is 11.2. The van der Waals surface area contributed by atoms with Gasteiger partial charge >= 0.3 is 6.18 Å². The van der Waals surface area contributed by atoms with Gasteiger partial charge in [-0.25, -0.2) is 0 Å². The number of hydrogen-bond acceptors (Lipinski definition) is 3. The molecule has 3 nitrogen and oxygen atoms in total. The number of benzene rings is 1. The molecule has 0 saturated carbocycles. The highest BCUT2D eigenvalue weighted by Gasteiger charge is 2.30. The standard InChI is InChI=1S/C15H15F3N2O/c16-15(17,18)13-5-3-11(4-6-13)12(8-19)10-21-14-2-1-7-20-9-14/h1-7,9,12H,8,10,19H2. The molecule has 1 atom stereocenters. The number of alkyl halides is 3. The van der Waals surface area contributed by atoms with Crippen molar-refractivity contribution in [3.05, 3.63) is 59.9 Å². The molecule has 21 heavy (non-hydrogen) atoms. The SMILES string of the molecule is NCC(COc1cccnc1)c1ccc(C(F)(F)F)cc1. The third-order valence-electron chi connectivity index (χ3n) is 3.08. The van der Waals surface area contributed by atoms with Crippen molar-refractivity contribution in [1.82, 2.24) is 4.98 Å². The minimum atomic E-state index is -4.33. The third kappa shape index (κ3) is 4.19. The van der Waals surface area contributed by atoms with Crippen LogP contribution in [0.3, 0.4) is 0 Å². The van der Waals surface area contributed by atoms with Gasteiger partial charge in [0, 0.05) is 18.7 Å². The van der Waals surface area contributed by atoms with Crippen LogP contribution in [0.4, 0.5) is 13.2 Å². The largest absolute Gasteiger partial charge is 0.491 e. The topological polar surface area (TPSA) is 48.1 Å². The maximum Gasteiger partial charge on any atom is 0.416 e. The van der Waals surface area contributed by atoms with Gasteiger partial charge in [-0.05, 0) is 29.8 Å². The molecule has 2 aromatic rings. The molecule has 1 heterocycles. The molecule has 0 aliphatic rings. The van der Waals surface area contributed by atoms with Gasteiger partial charge in [0.25, 0.3) is 0 Å². The molecule has 0 amide bonds. The van der Waals surface area contributed by atoms with Gasteiger partial charge in [0.2, 0.25) is 0 Å². The molecule has 2 rings (SSSR count). The molecule has 1 aromatic carbocycles. The highest BCUT2D eigenvalue weighted by Crippen LogP contribution is 2.30. The number of nitrogens with zero attached hydrogens (tertiary/aromatic N) is 1. The molecule has 0 bridgehead atoms. The van der Waals surface area contributed by atoms with Crippen LogP contribution in [0, 0.1) is 0 Å². The van der Waals surface area contributed by atoms with E-state index in [1.165, 1.54) is 12.1 Å². The average molecular weight is 296 g/mol. The Labute approximate surface area is 120 Å². The Morgan fingerprint density at radius 1 is 1.14 bits per heavy atom. The monoisotopic (exact) mass is 296 g/mol. The summed E-state index contributed by atoms with van der Waals surface area (Å²) in [6, 6.07) is 8.49. The Morgan fingerprint density at radius 2 is 1.86 bits per heavy atom. The second-order valence-corrected chi connectivity index (χ2v) is 4.55. The van der Waals surface area contributed by atoms with Gasteiger partial charge in [0.15, 0.2) is 0 Å². The van der Waals surface area contributed by atoms with Crippen molar-refractivity contribution in [2.24, 2.45) is 5.73 Å². The summed E-state index contributed by atoms with van der Waals surface area (Å²) >= 11 is 0. The zero-order chi connectivity index (χ0) is 15.3. The Kier molecular flexibility index (Phi) is 4.80. The van der Waals surface area contributed by atoms with Gasteiger partial charge in [-0.3, -0.25) is 4.98 Å². The lowest BCUT2D eigenvalue weighted by atomic mass is 9.99. The van der Waals surface area contributed by atoms with Crippen molar-refractivity contribution in [2.45, 2.75) is 12.1 Å². The van der Waals surface area contributed by atoms with Crippen LogP contribution in [0.5, 0.6) is 5.75 Å². The van der Waals surface area contributed by atoms with Crippen LogP contribution < -0.4 is 10.5 Å². The second-order valence-electron chi connectivity index (χ2n) is 4.55. The molecule has 2 N–H and O–H groups in total. The van der Waals surface area contributed by atoms with E-state index in [-0.39, 0.29) is 19.1 Å². The first-order chi connectivity index (χ1) is 10.0. The zero-order valence-electron chi connectivity index (χ0n) is 11.2. The Hall–Kier alpha value is -2.08. The molecule has 112 valence electrons. The number of pyridine rings is 1. The molecule has 0 aliphatic heterocycles. The molecule has 6 heteroatoms. The highest BCUT2D eigenvalue weighted by molar-refractivity contribution is 5.27. The van der Waals surface area contributed by atoms with Crippen LogP contribution in [0.1, 0.15) is 17.0 Å². The van der Waals surface area contributed by atoms with Crippen LogP contribution in [0.15, 0.2) is 48.8 Å². The van der Waals surface area contributed by atoms with Crippen molar-refractivity contribution in [2.75, 3.05) is 13.2 Å². The number of halogens is 3. The Balaban J connectivity index is 2.04. The lowest BCUT2D eigenvalue weighted by Crippen LogP contribution is -2.20. The van der Waals surface area contributed by atoms with Crippen molar-refractivity contribution >= 4 is 0 Å². The first-order valence-electron chi connectivity index (χ1n) is 6.40. The summed E-state index contributed by atoms with van der Waals surface area (Å²) in [5.74, 6) is 0.426. The van der Waals surface area contributed by atoms with E-state index in [1.807, 2.05) is 0 Å². The summed E-state index contributed by atoms with van der Waals surface area (Å²) in [4.78, 5) is 3.92. The van der Waals surface area contributed by atoms with E-state index in [0.717, 1.165) is 17.7 Å². The van der Waals surface area contributed by atoms with Crippen LogP contribution in [-0.2, 0) is 6.18 Å². The molecule has 0 aliphatic carbocycles. The number of aromatic nitrogens is 1. The third-order valence-corrected chi connectivity index (χ3v) is 3.08. The van der Waals surface area contributed by atoms with E-state index < -0.39 is 11.7 Å². The maximum absolute atomic E-state index is 12.5. The fraction of sp³-hybridized carbons (Fsp3) is 0.267. The number of ether oxygens (including phenoxy) is 1. The fourth-order valence-corrected chi connectivity index (χ4v) is 1.87. The first kappa shape index (κ1) is 15.3. The van der Waals surface area contributed by atoms with Gasteiger partial charge in [-0.1, -0.05) is 12.1 Å². The van der Waals surface area contributed by atoms with Gasteiger partial charge < -0.3 is 10.5 Å². The van der Waals surface area contributed by atoms with Gasteiger partial charge in [0.1, 0.15) is 5.75 Å². The normalized spacial score (nSPS) is 13.0. The maximum atomic E-state index is 12.5. The molecule has 0 saturated heterocycles. The van der Waals surface area contributed by atoms with Crippen molar-refractivity contribution < 1.29 is 17.9 Å². The number of nitrogens with two attached hydrogens (primary N) is 1. The minimum absolute atomic E-state index is 0.174. The first-order valence-corrected chi connectivity index (χ1v) is 6.40. The minimum Gasteiger partial charge on any atom is -0.491 e. The molecule has 0 spiro atoms. The number of rotatable bonds is 5. The van der Waals surface area contributed by atoms with Gasteiger partial charge in [-0.15, -0.1) is 0 Å². The van der Waals surface area contributed by atoms with E-state index >= 15 is 0 Å². The predicted octanol–water partition coefficient (Wildman–Crippen LogP) is 3.22. The average Bonchev–Trinajstić information content (AvgIpc) is 2.48. The molecule has 1 aromatic heterocycles. The van der Waals surface area contributed by atoms with Crippen molar-refractivity contribution in [3.63, 3.8) is 0 Å². The van der Waals surface area contributed by atoms with E-state index in [9.17, 15) is 13.2 Å². The van der Waals surface area contributed by atoms with E-state index in [4.69, 9.17) is 10.5 Å². The van der Waals surface area contributed by atoms with E-state index in [1.54, 1.807) is 24.5 Å². The molecule has 0 radical (unpaired) electrons. The van der Waals surface area contributed by atoms with Crippen LogP contribution in [-0.4, -0.2) is 18.1 Å². The van der Waals surface area contributed by atoms with Crippen LogP contribution >= 0.6 is 0 Å². The Morgan fingerprint density at radius 3 is 2.38 bits per heavy atom. The highest BCUT2D eigenvalue weighted by atomic mass is 19.4. The summed E-state index contributed by atoms with van der Waals surface area (Å²) in [5.41, 5.74) is 5.72. The fourth-order valence-electron chi connectivity index (χ4n) is 1.87. The summed E-state index contributed by atoms with van der Waals surface area (Å²) in [6.45, 7) is 0.569. The molecule has 0 fully saturated rings. The second kappa shape index (κ2) is 6.58. The molecular weight excluding hydrogens is 281 g/mol. The Bertz CT molecular complexity index is 555. The van der Waals surface area contributed by atoms with Crippen molar-refractivity contribution in [3.8, 4) is 5.75 Å². The van der Waals surface area contributed by atoms with Gasteiger partial charge in [0.05, 0.1) is 18.4 Å². The smallest absolute Gasteiger partial charge is 0.416 e. The van der Waals surface area contributed by atoms with Gasteiger partial charge in [-0.2, -0.15) is 13.2 Å². The quantitative estimate of drug-likeness (QED) is 0.921. The van der Waals surface area contributed by atoms with E-state index in [2.05, 4.69) is 4.98 Å². The van der Waals surface area contributed by atoms with Crippen LogP contribution in [0.25, 0.3) is 0 Å². The lowest BCUT2D eigenvalue weighted by Gasteiger charge is -2.17. The number of hydrogen-bond donors (Lipinski definition) is 1. The summed E-state index contributed by atoms with van der Waals surface area (Å²) in [7, 11) is 0. The van der Waals surface area contributed by atoms with Crippen molar-refractivity contribution in [1.29, 1.82) is 0 Å². The lowest BCUT2D eigenvalue weighted by molar-refractivity contribution is -0.137. The van der Waals surface area contributed by atoms with E-state index in [0.29, 0.717) is 5.75 Å². The van der Waals surface area contributed by atoms with Crippen LogP contribution in [0.2, 0.25) is 0 Å². The summed E-state index contributed by atoms with van der Waals surface area (Å²) < 4.78 is 43.1.